The summed E-state index contributed by atoms with van der Waals surface area (Å²) in [5.74, 6) is 2.34. The molecule has 1 aliphatic heterocycles. The number of rotatable bonds is 10. The van der Waals surface area contributed by atoms with Gasteiger partial charge in [-0.15, -0.1) is 0 Å². The van der Waals surface area contributed by atoms with E-state index in [1.807, 2.05) is 24.3 Å². The van der Waals surface area contributed by atoms with E-state index in [0.717, 1.165) is 36.9 Å². The van der Waals surface area contributed by atoms with E-state index in [2.05, 4.69) is 25.5 Å². The summed E-state index contributed by atoms with van der Waals surface area (Å²) in [6.45, 7) is 4.60. The number of likely N-dealkylation sites (tertiary alicyclic amines) is 1. The van der Waals surface area contributed by atoms with Gasteiger partial charge in [0.15, 0.2) is 5.96 Å². The molecule has 0 amide bonds. The van der Waals surface area contributed by atoms with E-state index in [9.17, 15) is 0 Å². The van der Waals surface area contributed by atoms with Crippen LogP contribution >= 0.6 is 0 Å². The highest BCUT2D eigenvalue weighted by atomic mass is 16.5. The Morgan fingerprint density at radius 2 is 2.10 bits per heavy atom. The molecule has 8 heteroatoms. The Morgan fingerprint density at radius 1 is 1.24 bits per heavy atom. The summed E-state index contributed by atoms with van der Waals surface area (Å²) in [5.41, 5.74) is 1.05. The molecule has 1 atom stereocenters. The highest BCUT2D eigenvalue weighted by molar-refractivity contribution is 5.79. The maximum absolute atomic E-state index is 5.68. The van der Waals surface area contributed by atoms with Crippen molar-refractivity contribution in [2.24, 2.45) is 4.99 Å². The minimum atomic E-state index is 0.205. The van der Waals surface area contributed by atoms with Crippen LogP contribution in [0.3, 0.4) is 0 Å². The monoisotopic (exact) mass is 401 g/mol. The fourth-order valence-electron chi connectivity index (χ4n) is 3.37. The van der Waals surface area contributed by atoms with Crippen LogP contribution in [-0.2, 0) is 11.3 Å². The zero-order valence-electron chi connectivity index (χ0n) is 17.3. The van der Waals surface area contributed by atoms with Crippen molar-refractivity contribution in [1.82, 2.24) is 20.5 Å². The van der Waals surface area contributed by atoms with Gasteiger partial charge in [-0.1, -0.05) is 6.07 Å². The molecule has 0 aromatic carbocycles. The third kappa shape index (κ3) is 6.47. The summed E-state index contributed by atoms with van der Waals surface area (Å²) in [7, 11) is 3.42. The molecule has 0 spiro atoms. The average molecular weight is 402 g/mol. The van der Waals surface area contributed by atoms with Gasteiger partial charge in [0.05, 0.1) is 18.9 Å². The molecule has 1 saturated heterocycles. The van der Waals surface area contributed by atoms with Crippen LogP contribution in [0.25, 0.3) is 0 Å². The Kier molecular flexibility index (Phi) is 8.33. The van der Waals surface area contributed by atoms with E-state index >= 15 is 0 Å². The van der Waals surface area contributed by atoms with Crippen LogP contribution in [0.4, 0.5) is 0 Å². The quantitative estimate of drug-likeness (QED) is 0.359. The molecular weight excluding hydrogens is 370 g/mol. The fraction of sp³-hybridized carbons (Fsp3) is 0.524. The van der Waals surface area contributed by atoms with Crippen molar-refractivity contribution in [3.05, 3.63) is 48.0 Å². The standard InChI is InChI=1S/C21H31N5O3/c1-22-21(24-15-17-7-8-20(23-14-17)29-13-12-27-2)25-16-18(19-6-5-11-28-19)26-9-3-4-10-26/h5-8,11,14,18H,3-4,9-10,12-13,15-16H2,1-2H3,(H2,22,24,25). The van der Waals surface area contributed by atoms with Crippen molar-refractivity contribution in [2.45, 2.75) is 25.4 Å². The van der Waals surface area contributed by atoms with E-state index in [1.165, 1.54) is 12.8 Å². The van der Waals surface area contributed by atoms with Gasteiger partial charge in [0.25, 0.3) is 0 Å². The second-order valence-corrected chi connectivity index (χ2v) is 6.93. The van der Waals surface area contributed by atoms with Crippen LogP contribution in [0.1, 0.15) is 30.2 Å². The van der Waals surface area contributed by atoms with Gasteiger partial charge in [0.1, 0.15) is 12.4 Å². The third-order valence-corrected chi connectivity index (χ3v) is 4.93. The van der Waals surface area contributed by atoms with Crippen LogP contribution in [0.2, 0.25) is 0 Å². The van der Waals surface area contributed by atoms with Crippen molar-refractivity contribution in [1.29, 1.82) is 0 Å². The Balaban J connectivity index is 1.48. The number of nitrogens with one attached hydrogen (secondary N) is 2. The van der Waals surface area contributed by atoms with E-state index in [4.69, 9.17) is 13.9 Å². The first-order valence-corrected chi connectivity index (χ1v) is 10.1. The Hall–Kier alpha value is -2.58. The Bertz CT molecular complexity index is 727. The molecule has 158 valence electrons. The van der Waals surface area contributed by atoms with Gasteiger partial charge in [0, 0.05) is 39.5 Å². The molecule has 2 N–H and O–H groups in total. The van der Waals surface area contributed by atoms with Crippen LogP contribution in [0.5, 0.6) is 5.88 Å². The maximum Gasteiger partial charge on any atom is 0.213 e. The minimum absolute atomic E-state index is 0.205. The first-order chi connectivity index (χ1) is 14.3. The lowest BCUT2D eigenvalue weighted by atomic mass is 10.2. The molecule has 0 radical (unpaired) electrons. The average Bonchev–Trinajstić information content (AvgIpc) is 3.46. The molecule has 1 aliphatic rings. The Labute approximate surface area is 172 Å². The van der Waals surface area contributed by atoms with E-state index in [0.29, 0.717) is 25.6 Å². The van der Waals surface area contributed by atoms with Gasteiger partial charge in [0.2, 0.25) is 5.88 Å². The maximum atomic E-state index is 5.68. The summed E-state index contributed by atoms with van der Waals surface area (Å²) in [4.78, 5) is 11.1. The van der Waals surface area contributed by atoms with E-state index in [1.54, 1.807) is 26.6 Å². The zero-order chi connectivity index (χ0) is 20.3. The molecule has 2 aromatic rings. The SMILES string of the molecule is CN=C(NCc1ccc(OCCOC)nc1)NCC(c1ccco1)N1CCCC1. The van der Waals surface area contributed by atoms with Crippen molar-refractivity contribution in [3.8, 4) is 5.88 Å². The van der Waals surface area contributed by atoms with Crippen molar-refractivity contribution in [3.63, 3.8) is 0 Å². The summed E-state index contributed by atoms with van der Waals surface area (Å²) in [5, 5.41) is 6.77. The molecular formula is C21H31N5O3. The molecule has 0 aliphatic carbocycles. The minimum Gasteiger partial charge on any atom is -0.475 e. The number of hydrogen-bond acceptors (Lipinski definition) is 6. The normalized spacial score (nSPS) is 16.0. The number of pyridine rings is 1. The molecule has 1 unspecified atom stereocenters. The number of aromatic nitrogens is 1. The third-order valence-electron chi connectivity index (χ3n) is 4.93. The topological polar surface area (TPSA) is 84.2 Å². The number of methoxy groups -OCH3 is 1. The van der Waals surface area contributed by atoms with Gasteiger partial charge < -0.3 is 24.5 Å². The van der Waals surface area contributed by atoms with Crippen molar-refractivity contribution in [2.75, 3.05) is 47.0 Å². The Morgan fingerprint density at radius 3 is 2.76 bits per heavy atom. The number of furan rings is 1. The first kappa shape index (κ1) is 21.1. The van der Waals surface area contributed by atoms with Gasteiger partial charge >= 0.3 is 0 Å². The first-order valence-electron chi connectivity index (χ1n) is 10.1. The van der Waals surface area contributed by atoms with Crippen molar-refractivity contribution >= 4 is 5.96 Å². The molecule has 2 aromatic heterocycles. The van der Waals surface area contributed by atoms with Crippen LogP contribution in [0.15, 0.2) is 46.1 Å². The number of aliphatic imine (C=N–C) groups is 1. The van der Waals surface area contributed by atoms with E-state index < -0.39 is 0 Å². The lowest BCUT2D eigenvalue weighted by Crippen LogP contribution is -2.42. The smallest absolute Gasteiger partial charge is 0.213 e. The van der Waals surface area contributed by atoms with Crippen LogP contribution < -0.4 is 15.4 Å². The molecule has 1 fully saturated rings. The molecule has 0 bridgehead atoms. The van der Waals surface area contributed by atoms with E-state index in [-0.39, 0.29) is 6.04 Å². The lowest BCUT2D eigenvalue weighted by molar-refractivity contribution is 0.143. The van der Waals surface area contributed by atoms with Gasteiger partial charge in [-0.2, -0.15) is 0 Å². The number of guanidine groups is 1. The molecule has 3 rings (SSSR count). The summed E-state index contributed by atoms with van der Waals surface area (Å²) in [6, 6.07) is 8.05. The predicted molar refractivity (Wildman–Crippen MR) is 112 cm³/mol. The second-order valence-electron chi connectivity index (χ2n) is 6.93. The second kappa shape index (κ2) is 11.4. The summed E-state index contributed by atoms with van der Waals surface area (Å²) in [6.07, 6.45) is 6.02. The molecule has 29 heavy (non-hydrogen) atoms. The molecule has 0 saturated carbocycles. The highest BCUT2D eigenvalue weighted by Gasteiger charge is 2.25. The summed E-state index contributed by atoms with van der Waals surface area (Å²) < 4.78 is 16.1. The van der Waals surface area contributed by atoms with Gasteiger partial charge in [-0.25, -0.2) is 4.98 Å². The lowest BCUT2D eigenvalue weighted by Gasteiger charge is -2.26. The largest absolute Gasteiger partial charge is 0.475 e. The number of ether oxygens (including phenoxy) is 2. The fourth-order valence-corrected chi connectivity index (χ4v) is 3.37. The van der Waals surface area contributed by atoms with Crippen LogP contribution in [-0.4, -0.2) is 62.8 Å². The number of hydrogen-bond donors (Lipinski definition) is 2. The predicted octanol–water partition coefficient (Wildman–Crippen LogP) is 2.20. The summed E-state index contributed by atoms with van der Waals surface area (Å²) >= 11 is 0. The molecule has 3 heterocycles. The molecule has 8 nitrogen and oxygen atoms in total. The van der Waals surface area contributed by atoms with Gasteiger partial charge in [-0.3, -0.25) is 9.89 Å². The highest BCUT2D eigenvalue weighted by Crippen LogP contribution is 2.24. The van der Waals surface area contributed by atoms with Crippen LogP contribution in [0, 0.1) is 0 Å². The zero-order valence-corrected chi connectivity index (χ0v) is 17.3. The van der Waals surface area contributed by atoms with Gasteiger partial charge in [-0.05, 0) is 43.6 Å². The number of nitrogens with zero attached hydrogens (tertiary/aromatic N) is 3. The van der Waals surface area contributed by atoms with Crippen molar-refractivity contribution < 1.29 is 13.9 Å².